The van der Waals surface area contributed by atoms with Gasteiger partial charge in [0.1, 0.15) is 13.2 Å². The molecule has 0 saturated carbocycles. The van der Waals surface area contributed by atoms with Crippen LogP contribution in [-0.2, 0) is 28.6 Å². The molecular weight excluding hydrogens is 973 g/mol. The highest BCUT2D eigenvalue weighted by Crippen LogP contribution is 2.16. The smallest absolute Gasteiger partial charge is 0.306 e. The largest absolute Gasteiger partial charge is 0.462 e. The number of rotatable bonds is 59. The van der Waals surface area contributed by atoms with E-state index in [1.54, 1.807) is 0 Å². The van der Waals surface area contributed by atoms with Crippen LogP contribution in [0, 0.1) is 0 Å². The van der Waals surface area contributed by atoms with E-state index in [0.29, 0.717) is 19.3 Å². The number of unbranched alkanes of at least 4 members (excludes halogenated alkanes) is 28. The van der Waals surface area contributed by atoms with Crippen LogP contribution in [0.5, 0.6) is 0 Å². The fraction of sp³-hybridized carbons (Fsp3) is 0.685. The molecule has 0 fully saturated rings. The first-order valence-corrected chi connectivity index (χ1v) is 33.0. The third kappa shape index (κ3) is 64.5. The summed E-state index contributed by atoms with van der Waals surface area (Å²) in [6.45, 7) is 6.40. The Balaban J connectivity index is 4.23. The molecule has 0 aliphatic rings. The molecular formula is C73H122O6. The van der Waals surface area contributed by atoms with E-state index < -0.39 is 6.10 Å². The fourth-order valence-electron chi connectivity index (χ4n) is 9.09. The molecule has 0 saturated heterocycles. The molecule has 6 heteroatoms. The second-order valence-electron chi connectivity index (χ2n) is 21.6. The fourth-order valence-corrected chi connectivity index (χ4v) is 9.09. The highest BCUT2D eigenvalue weighted by atomic mass is 16.6. The van der Waals surface area contributed by atoms with Crippen LogP contribution in [0.25, 0.3) is 0 Å². The van der Waals surface area contributed by atoms with Gasteiger partial charge in [-0.1, -0.05) is 296 Å². The second kappa shape index (κ2) is 66.3. The Morgan fingerprint density at radius 1 is 0.266 bits per heavy atom. The standard InChI is InChI=1S/C73H122O6/c1-4-7-10-13-16-19-21-23-25-27-29-31-33-35-36-38-39-41-43-45-47-49-51-54-57-60-63-66-72(75)78-69-70(68-77-71(74)65-62-59-56-53-18-15-12-9-6-3)79-73(76)67-64-61-58-55-52-50-48-46-44-42-40-37-34-32-30-28-26-24-22-20-17-14-11-8-5-2/h7-8,10-11,16-17,19-20,23-26,29-32,35-37,40,70H,4-6,9,12-15,18,21-22,27-28,33-34,38-39,41-69H2,1-3H3/b10-7-,11-8-,19-16-,20-17-,25-23-,26-24-,31-29-,32-30-,36-35-,40-37-. The van der Waals surface area contributed by atoms with Gasteiger partial charge in [0.25, 0.3) is 0 Å². The first-order chi connectivity index (χ1) is 39.0. The molecule has 0 aromatic rings. The minimum atomic E-state index is -0.784. The molecule has 79 heavy (non-hydrogen) atoms. The molecule has 0 amide bonds. The van der Waals surface area contributed by atoms with Crippen LogP contribution >= 0.6 is 0 Å². The Bertz CT molecular complexity index is 1640. The lowest BCUT2D eigenvalue weighted by atomic mass is 10.0. The maximum Gasteiger partial charge on any atom is 0.306 e. The van der Waals surface area contributed by atoms with Crippen LogP contribution in [0.4, 0.5) is 0 Å². The van der Waals surface area contributed by atoms with Crippen molar-refractivity contribution in [3.8, 4) is 0 Å². The molecule has 6 nitrogen and oxygen atoms in total. The van der Waals surface area contributed by atoms with Gasteiger partial charge in [-0.05, 0) is 109 Å². The van der Waals surface area contributed by atoms with Gasteiger partial charge in [0.05, 0.1) is 0 Å². The summed E-state index contributed by atoms with van der Waals surface area (Å²) in [5.41, 5.74) is 0. The third-order valence-electron chi connectivity index (χ3n) is 14.0. The molecule has 0 aromatic heterocycles. The van der Waals surface area contributed by atoms with E-state index in [0.717, 1.165) is 128 Å². The van der Waals surface area contributed by atoms with Crippen LogP contribution in [0.3, 0.4) is 0 Å². The number of carbonyl (C=O) groups is 3. The van der Waals surface area contributed by atoms with Crippen molar-refractivity contribution in [3.63, 3.8) is 0 Å². The van der Waals surface area contributed by atoms with Crippen LogP contribution in [0.15, 0.2) is 122 Å². The van der Waals surface area contributed by atoms with Crippen LogP contribution in [-0.4, -0.2) is 37.2 Å². The summed E-state index contributed by atoms with van der Waals surface area (Å²) in [6, 6.07) is 0. The van der Waals surface area contributed by atoms with Gasteiger partial charge in [-0.15, -0.1) is 0 Å². The van der Waals surface area contributed by atoms with E-state index in [9.17, 15) is 14.4 Å². The molecule has 1 atom stereocenters. The maximum atomic E-state index is 12.9. The Kier molecular flexibility index (Phi) is 62.8. The third-order valence-corrected chi connectivity index (χ3v) is 14.0. The number of hydrogen-bond acceptors (Lipinski definition) is 6. The summed E-state index contributed by atoms with van der Waals surface area (Å²) < 4.78 is 16.9. The minimum Gasteiger partial charge on any atom is -0.462 e. The maximum absolute atomic E-state index is 12.9. The minimum absolute atomic E-state index is 0.0807. The van der Waals surface area contributed by atoms with Crippen LogP contribution in [0.1, 0.15) is 303 Å². The second-order valence-corrected chi connectivity index (χ2v) is 21.6. The van der Waals surface area contributed by atoms with Crippen molar-refractivity contribution < 1.29 is 28.6 Å². The molecule has 0 radical (unpaired) electrons. The molecule has 0 aliphatic heterocycles. The molecule has 0 spiro atoms. The molecule has 0 bridgehead atoms. The van der Waals surface area contributed by atoms with Gasteiger partial charge in [-0.25, -0.2) is 0 Å². The van der Waals surface area contributed by atoms with E-state index in [4.69, 9.17) is 14.2 Å². The molecule has 0 rings (SSSR count). The zero-order valence-corrected chi connectivity index (χ0v) is 51.6. The van der Waals surface area contributed by atoms with E-state index in [1.807, 2.05) is 0 Å². The zero-order valence-electron chi connectivity index (χ0n) is 51.6. The first-order valence-electron chi connectivity index (χ1n) is 33.0. The van der Waals surface area contributed by atoms with E-state index >= 15 is 0 Å². The zero-order chi connectivity index (χ0) is 57.1. The highest BCUT2D eigenvalue weighted by Gasteiger charge is 2.19. The monoisotopic (exact) mass is 1090 g/mol. The summed E-state index contributed by atoms with van der Waals surface area (Å²) in [5, 5.41) is 0. The Morgan fingerprint density at radius 2 is 0.494 bits per heavy atom. The predicted molar refractivity (Wildman–Crippen MR) is 343 cm³/mol. The van der Waals surface area contributed by atoms with Crippen molar-refractivity contribution in [2.75, 3.05) is 13.2 Å². The lowest BCUT2D eigenvalue weighted by molar-refractivity contribution is -0.167. The summed E-state index contributed by atoms with van der Waals surface area (Å²) >= 11 is 0. The van der Waals surface area contributed by atoms with Crippen molar-refractivity contribution in [2.24, 2.45) is 0 Å². The van der Waals surface area contributed by atoms with Gasteiger partial charge in [-0.2, -0.15) is 0 Å². The lowest BCUT2D eigenvalue weighted by Gasteiger charge is -2.18. The number of ether oxygens (including phenoxy) is 3. The van der Waals surface area contributed by atoms with Gasteiger partial charge in [0, 0.05) is 19.3 Å². The van der Waals surface area contributed by atoms with Crippen LogP contribution in [0.2, 0.25) is 0 Å². The normalized spacial score (nSPS) is 12.9. The van der Waals surface area contributed by atoms with Crippen molar-refractivity contribution in [1.82, 2.24) is 0 Å². The summed E-state index contributed by atoms with van der Waals surface area (Å²) in [5.74, 6) is -0.886. The summed E-state index contributed by atoms with van der Waals surface area (Å²) in [6.07, 6.45) is 92.2. The topological polar surface area (TPSA) is 78.9 Å². The van der Waals surface area contributed by atoms with Gasteiger partial charge in [0.2, 0.25) is 0 Å². The quantitative estimate of drug-likeness (QED) is 0.0261. The SMILES string of the molecule is CC/C=C\C/C=C\C/C=C\C/C=C\C/C=C\CCCCCCCCCCCCCC(=O)OCC(COC(=O)CCCCCCCCCCC)OC(=O)CCCCCCCCCCC/C=C\C/C=C\C/C=C\C/C=C\C/C=C\CC. The molecule has 0 heterocycles. The Hall–Kier alpha value is -4.19. The number of hydrogen-bond donors (Lipinski definition) is 0. The van der Waals surface area contributed by atoms with Crippen molar-refractivity contribution in [3.05, 3.63) is 122 Å². The average Bonchev–Trinajstić information content (AvgIpc) is 3.45. The number of esters is 3. The van der Waals surface area contributed by atoms with Gasteiger partial charge in [-0.3, -0.25) is 14.4 Å². The number of carbonyl (C=O) groups excluding carboxylic acids is 3. The molecule has 450 valence electrons. The van der Waals surface area contributed by atoms with E-state index in [2.05, 4.69) is 142 Å². The van der Waals surface area contributed by atoms with Crippen molar-refractivity contribution in [2.45, 2.75) is 309 Å². The summed E-state index contributed by atoms with van der Waals surface area (Å²) in [4.78, 5) is 38.3. The highest BCUT2D eigenvalue weighted by molar-refractivity contribution is 5.71. The predicted octanol–water partition coefficient (Wildman–Crippen LogP) is 22.8. The molecule has 0 aliphatic carbocycles. The Labute approximate surface area is 488 Å². The van der Waals surface area contributed by atoms with E-state index in [-0.39, 0.29) is 31.1 Å². The van der Waals surface area contributed by atoms with Gasteiger partial charge in [0.15, 0.2) is 6.10 Å². The molecule has 0 aromatic carbocycles. The van der Waals surface area contributed by atoms with Crippen molar-refractivity contribution >= 4 is 17.9 Å². The Morgan fingerprint density at radius 3 is 0.772 bits per heavy atom. The first kappa shape index (κ1) is 74.8. The molecule has 1 unspecified atom stereocenters. The van der Waals surface area contributed by atoms with E-state index in [1.165, 1.54) is 135 Å². The number of allylic oxidation sites excluding steroid dienone is 20. The van der Waals surface area contributed by atoms with Gasteiger partial charge < -0.3 is 14.2 Å². The molecule has 0 N–H and O–H groups in total. The van der Waals surface area contributed by atoms with Crippen molar-refractivity contribution in [1.29, 1.82) is 0 Å². The van der Waals surface area contributed by atoms with Crippen LogP contribution < -0.4 is 0 Å². The summed E-state index contributed by atoms with van der Waals surface area (Å²) in [7, 11) is 0. The van der Waals surface area contributed by atoms with Gasteiger partial charge >= 0.3 is 17.9 Å². The lowest BCUT2D eigenvalue weighted by Crippen LogP contribution is -2.30. The average molecular weight is 1100 g/mol.